The average molecular weight is 288 g/mol. The highest BCUT2D eigenvalue weighted by Crippen LogP contribution is 2.15. The molecule has 1 heterocycles. The molecular weight excluding hydrogens is 268 g/mol. The number of esters is 1. The number of fused-ring (bicyclic) bond motifs is 1. The number of hydrogen-bond acceptors (Lipinski definition) is 3. The van der Waals surface area contributed by atoms with Crippen LogP contribution in [0.15, 0.2) is 30.3 Å². The maximum atomic E-state index is 12.1. The summed E-state index contributed by atoms with van der Waals surface area (Å²) < 4.78 is 5.19. The zero-order chi connectivity index (χ0) is 15.6. The molecule has 1 amide bonds. The number of nitrogens with one attached hydrogen (secondary N) is 2. The van der Waals surface area contributed by atoms with Crippen molar-refractivity contribution in [2.45, 2.75) is 39.3 Å². The fraction of sp³-hybridized carbons (Fsp3) is 0.375. The van der Waals surface area contributed by atoms with Crippen molar-refractivity contribution in [3.05, 3.63) is 36.0 Å². The van der Waals surface area contributed by atoms with E-state index >= 15 is 0 Å². The lowest BCUT2D eigenvalue weighted by Crippen LogP contribution is -2.46. The number of para-hydroxylation sites is 1. The number of carbonyl (C=O) groups excluding carboxylic acids is 2. The predicted molar refractivity (Wildman–Crippen MR) is 81.1 cm³/mol. The SMILES string of the molecule is C[C@H](OC(=O)c1cc2ccccc2[nH]1)C(=O)NC(C)(C)C. The zero-order valence-corrected chi connectivity index (χ0v) is 12.7. The van der Waals surface area contributed by atoms with E-state index in [1.807, 2.05) is 45.0 Å². The summed E-state index contributed by atoms with van der Waals surface area (Å²) in [6.07, 6.45) is -0.844. The van der Waals surface area contributed by atoms with Gasteiger partial charge in [0.05, 0.1) is 0 Å². The lowest BCUT2D eigenvalue weighted by atomic mass is 10.1. The van der Waals surface area contributed by atoms with E-state index in [1.165, 1.54) is 0 Å². The normalized spacial score (nSPS) is 13.0. The van der Waals surface area contributed by atoms with E-state index in [0.29, 0.717) is 5.69 Å². The minimum atomic E-state index is -0.844. The van der Waals surface area contributed by atoms with Crippen LogP contribution in [0.5, 0.6) is 0 Å². The third-order valence-electron chi connectivity index (χ3n) is 2.90. The third-order valence-corrected chi connectivity index (χ3v) is 2.90. The summed E-state index contributed by atoms with van der Waals surface area (Å²) in [5.41, 5.74) is 0.835. The van der Waals surface area contributed by atoms with Crippen molar-refractivity contribution < 1.29 is 14.3 Å². The molecular formula is C16H20N2O3. The lowest BCUT2D eigenvalue weighted by Gasteiger charge is -2.23. The molecule has 5 nitrogen and oxygen atoms in total. The molecule has 0 saturated heterocycles. The number of aromatic nitrogens is 1. The number of H-pyrrole nitrogens is 1. The van der Waals surface area contributed by atoms with Crippen LogP contribution in [-0.2, 0) is 9.53 Å². The van der Waals surface area contributed by atoms with E-state index in [4.69, 9.17) is 4.74 Å². The first-order valence-electron chi connectivity index (χ1n) is 6.87. The maximum absolute atomic E-state index is 12.1. The quantitative estimate of drug-likeness (QED) is 0.853. The van der Waals surface area contributed by atoms with Crippen LogP contribution in [0.2, 0.25) is 0 Å². The molecule has 0 radical (unpaired) electrons. The Morgan fingerprint density at radius 1 is 1.24 bits per heavy atom. The summed E-state index contributed by atoms with van der Waals surface area (Å²) in [6, 6.07) is 9.27. The molecule has 2 aromatic rings. The number of amides is 1. The molecule has 0 aliphatic heterocycles. The second kappa shape index (κ2) is 5.60. The van der Waals surface area contributed by atoms with Gasteiger partial charge in [0.15, 0.2) is 6.10 Å². The lowest BCUT2D eigenvalue weighted by molar-refractivity contribution is -0.130. The first-order chi connectivity index (χ1) is 9.76. The number of rotatable bonds is 3. The van der Waals surface area contributed by atoms with Crippen LogP contribution in [0.3, 0.4) is 0 Å². The standard InChI is InChI=1S/C16H20N2O3/c1-10(14(19)18-16(2,3)4)21-15(20)13-9-11-7-5-6-8-12(11)17-13/h5-10,17H,1-4H3,(H,18,19)/t10-/m0/s1. The average Bonchev–Trinajstić information content (AvgIpc) is 2.80. The number of ether oxygens (including phenoxy) is 1. The Morgan fingerprint density at radius 3 is 2.52 bits per heavy atom. The highest BCUT2D eigenvalue weighted by molar-refractivity contribution is 5.96. The molecule has 2 rings (SSSR count). The number of carbonyl (C=O) groups is 2. The second-order valence-electron chi connectivity index (χ2n) is 6.06. The Bertz CT molecular complexity index is 634. The van der Waals surface area contributed by atoms with Crippen molar-refractivity contribution in [1.29, 1.82) is 0 Å². The van der Waals surface area contributed by atoms with Gasteiger partial charge in [-0.25, -0.2) is 4.79 Å². The summed E-state index contributed by atoms with van der Waals surface area (Å²) >= 11 is 0. The summed E-state index contributed by atoms with van der Waals surface area (Å²) in [6.45, 7) is 7.17. The van der Waals surface area contributed by atoms with E-state index in [0.717, 1.165) is 10.9 Å². The first-order valence-corrected chi connectivity index (χ1v) is 6.87. The van der Waals surface area contributed by atoms with Gasteiger partial charge >= 0.3 is 5.97 Å². The molecule has 1 atom stereocenters. The topological polar surface area (TPSA) is 71.2 Å². The maximum Gasteiger partial charge on any atom is 0.355 e. The van der Waals surface area contributed by atoms with Gasteiger partial charge in [-0.05, 0) is 39.8 Å². The van der Waals surface area contributed by atoms with Crippen LogP contribution in [-0.4, -0.2) is 28.5 Å². The molecule has 0 aliphatic carbocycles. The Balaban J connectivity index is 2.05. The minimum Gasteiger partial charge on any atom is -0.448 e. The Hall–Kier alpha value is -2.30. The molecule has 5 heteroatoms. The van der Waals surface area contributed by atoms with Crippen molar-refractivity contribution in [3.63, 3.8) is 0 Å². The molecule has 1 aromatic heterocycles. The molecule has 1 aromatic carbocycles. The van der Waals surface area contributed by atoms with E-state index in [-0.39, 0.29) is 11.4 Å². The highest BCUT2D eigenvalue weighted by atomic mass is 16.5. The van der Waals surface area contributed by atoms with Gasteiger partial charge in [-0.2, -0.15) is 0 Å². The van der Waals surface area contributed by atoms with Crippen LogP contribution >= 0.6 is 0 Å². The van der Waals surface area contributed by atoms with E-state index < -0.39 is 12.1 Å². The van der Waals surface area contributed by atoms with Gasteiger partial charge in [0, 0.05) is 16.4 Å². The van der Waals surface area contributed by atoms with Gasteiger partial charge in [0.1, 0.15) is 5.69 Å². The van der Waals surface area contributed by atoms with E-state index in [9.17, 15) is 9.59 Å². The molecule has 0 saturated carbocycles. The van der Waals surface area contributed by atoms with Gasteiger partial charge in [-0.3, -0.25) is 4.79 Å². The number of benzene rings is 1. The van der Waals surface area contributed by atoms with Crippen molar-refractivity contribution >= 4 is 22.8 Å². The monoisotopic (exact) mass is 288 g/mol. The van der Waals surface area contributed by atoms with E-state index in [2.05, 4.69) is 10.3 Å². The van der Waals surface area contributed by atoms with Gasteiger partial charge in [0.25, 0.3) is 5.91 Å². The molecule has 0 fully saturated rings. The number of hydrogen-bond donors (Lipinski definition) is 2. The molecule has 0 aliphatic rings. The van der Waals surface area contributed by atoms with Crippen LogP contribution in [0.25, 0.3) is 10.9 Å². The van der Waals surface area contributed by atoms with Crippen LogP contribution in [0.1, 0.15) is 38.2 Å². The third kappa shape index (κ3) is 3.84. The highest BCUT2D eigenvalue weighted by Gasteiger charge is 2.23. The van der Waals surface area contributed by atoms with Gasteiger partial charge in [-0.15, -0.1) is 0 Å². The van der Waals surface area contributed by atoms with Crippen molar-refractivity contribution in [2.24, 2.45) is 0 Å². The fourth-order valence-corrected chi connectivity index (χ4v) is 1.93. The summed E-state index contributed by atoms with van der Waals surface area (Å²) in [5, 5.41) is 3.70. The summed E-state index contributed by atoms with van der Waals surface area (Å²) in [7, 11) is 0. The van der Waals surface area contributed by atoms with Gasteiger partial charge in [0.2, 0.25) is 0 Å². The zero-order valence-electron chi connectivity index (χ0n) is 12.7. The summed E-state index contributed by atoms with van der Waals surface area (Å²) in [4.78, 5) is 26.9. The molecule has 2 N–H and O–H groups in total. The van der Waals surface area contributed by atoms with Crippen LogP contribution in [0.4, 0.5) is 0 Å². The number of aromatic amines is 1. The largest absolute Gasteiger partial charge is 0.448 e. The minimum absolute atomic E-state index is 0.313. The predicted octanol–water partition coefficient (Wildman–Crippen LogP) is 2.63. The molecule has 21 heavy (non-hydrogen) atoms. The first kappa shape index (κ1) is 15.1. The van der Waals surface area contributed by atoms with Crippen LogP contribution in [0, 0.1) is 0 Å². The molecule has 0 unspecified atom stereocenters. The fourth-order valence-electron chi connectivity index (χ4n) is 1.93. The smallest absolute Gasteiger partial charge is 0.355 e. The van der Waals surface area contributed by atoms with Gasteiger partial charge in [-0.1, -0.05) is 18.2 Å². The van der Waals surface area contributed by atoms with Crippen molar-refractivity contribution in [3.8, 4) is 0 Å². The van der Waals surface area contributed by atoms with Crippen molar-refractivity contribution in [2.75, 3.05) is 0 Å². The second-order valence-corrected chi connectivity index (χ2v) is 6.06. The summed E-state index contributed by atoms with van der Waals surface area (Å²) in [5.74, 6) is -0.852. The molecule has 0 spiro atoms. The van der Waals surface area contributed by atoms with E-state index in [1.54, 1.807) is 13.0 Å². The Kier molecular flexibility index (Phi) is 4.02. The molecule has 0 bridgehead atoms. The Labute approximate surface area is 123 Å². The van der Waals surface area contributed by atoms with Crippen molar-refractivity contribution in [1.82, 2.24) is 10.3 Å². The Morgan fingerprint density at radius 2 is 1.90 bits per heavy atom. The molecule has 112 valence electrons. The van der Waals surface area contributed by atoms with Crippen LogP contribution < -0.4 is 5.32 Å². The van der Waals surface area contributed by atoms with Gasteiger partial charge < -0.3 is 15.0 Å².